The van der Waals surface area contributed by atoms with Crippen molar-refractivity contribution in [3.05, 3.63) is 34.3 Å². The minimum Gasteiger partial charge on any atom is -0.497 e. The monoisotopic (exact) mass is 447 g/mol. The van der Waals surface area contributed by atoms with Gasteiger partial charge in [-0.25, -0.2) is 0 Å². The Morgan fingerprint density at radius 1 is 1.13 bits per heavy atom. The highest BCUT2D eigenvalue weighted by molar-refractivity contribution is 7.13. The molecule has 10 heteroatoms. The van der Waals surface area contributed by atoms with Gasteiger partial charge in [-0.2, -0.15) is 0 Å². The maximum absolute atomic E-state index is 12.3. The Balaban J connectivity index is 1.31. The fraction of sp³-hybridized carbons (Fsp3) is 0.524. The van der Waals surface area contributed by atoms with E-state index in [4.69, 9.17) is 9.47 Å². The van der Waals surface area contributed by atoms with Crippen LogP contribution in [0.15, 0.2) is 24.3 Å². The van der Waals surface area contributed by atoms with E-state index in [1.807, 2.05) is 0 Å². The summed E-state index contributed by atoms with van der Waals surface area (Å²) >= 11 is 1.14. The predicted octanol–water partition coefficient (Wildman–Crippen LogP) is 2.31. The van der Waals surface area contributed by atoms with Crippen LogP contribution in [0.2, 0.25) is 0 Å². The summed E-state index contributed by atoms with van der Waals surface area (Å²) in [6.07, 6.45) is 4.82. The number of methoxy groups -OCH3 is 1. The summed E-state index contributed by atoms with van der Waals surface area (Å²) in [5.74, 6) is 0.209. The number of amides is 2. The number of aromatic nitrogens is 2. The van der Waals surface area contributed by atoms with Crippen LogP contribution in [0.4, 0.5) is 5.69 Å². The molecule has 3 rings (SSSR count). The number of likely N-dealkylation sites (tertiary alicyclic amines) is 1. The molecular weight excluding hydrogens is 418 g/mol. The van der Waals surface area contributed by atoms with Gasteiger partial charge in [0.1, 0.15) is 24.0 Å². The third kappa shape index (κ3) is 7.89. The molecular formula is C21H29N5O4S. The molecule has 9 nitrogen and oxygen atoms in total. The molecule has 0 unspecified atom stereocenters. The lowest BCUT2D eigenvalue weighted by Gasteiger charge is -2.26. The number of nitrogens with one attached hydrogen (secondary N) is 2. The lowest BCUT2D eigenvalue weighted by molar-refractivity contribution is -0.126. The number of hydrogen-bond donors (Lipinski definition) is 2. The fourth-order valence-corrected chi connectivity index (χ4v) is 3.93. The van der Waals surface area contributed by atoms with E-state index in [1.54, 1.807) is 31.4 Å². The van der Waals surface area contributed by atoms with E-state index in [2.05, 4.69) is 25.7 Å². The van der Waals surface area contributed by atoms with E-state index in [1.165, 1.54) is 32.4 Å². The summed E-state index contributed by atoms with van der Waals surface area (Å²) in [4.78, 5) is 26.6. The summed E-state index contributed by atoms with van der Waals surface area (Å²) in [6.45, 7) is 4.09. The van der Waals surface area contributed by atoms with E-state index in [0.717, 1.165) is 24.3 Å². The zero-order chi connectivity index (χ0) is 21.9. The van der Waals surface area contributed by atoms with Crippen LogP contribution in [-0.4, -0.2) is 66.8 Å². The Labute approximate surface area is 186 Å². The van der Waals surface area contributed by atoms with Gasteiger partial charge in [-0.15, -0.1) is 10.2 Å². The summed E-state index contributed by atoms with van der Waals surface area (Å²) < 4.78 is 10.5. The molecule has 31 heavy (non-hydrogen) atoms. The molecule has 1 aliphatic heterocycles. The first-order chi connectivity index (χ1) is 15.1. The first-order valence-electron chi connectivity index (χ1n) is 10.5. The Morgan fingerprint density at radius 2 is 1.90 bits per heavy atom. The molecule has 0 radical (unpaired) electrons. The number of carbonyl (C=O) groups is 2. The first kappa shape index (κ1) is 23.1. The number of ether oxygens (including phenoxy) is 2. The molecule has 2 aromatic rings. The number of nitrogens with zero attached hydrogens (tertiary/aromatic N) is 3. The zero-order valence-corrected chi connectivity index (χ0v) is 18.6. The molecule has 0 bridgehead atoms. The molecule has 1 aliphatic rings. The number of hydrogen-bond acceptors (Lipinski definition) is 8. The van der Waals surface area contributed by atoms with Crippen molar-refractivity contribution >= 4 is 28.8 Å². The van der Waals surface area contributed by atoms with E-state index in [-0.39, 0.29) is 30.0 Å². The van der Waals surface area contributed by atoms with E-state index in [0.29, 0.717) is 23.0 Å². The maximum atomic E-state index is 12.3. The van der Waals surface area contributed by atoms with Crippen molar-refractivity contribution in [3.8, 4) is 5.75 Å². The number of carbonyl (C=O) groups excluding carboxylic acids is 2. The van der Waals surface area contributed by atoms with Crippen LogP contribution in [0, 0.1) is 0 Å². The third-order valence-corrected chi connectivity index (χ3v) is 5.79. The smallest absolute Gasteiger partial charge is 0.286 e. The molecule has 1 saturated heterocycles. The van der Waals surface area contributed by atoms with Gasteiger partial charge in [0.05, 0.1) is 7.11 Å². The lowest BCUT2D eigenvalue weighted by Crippen LogP contribution is -2.34. The molecule has 2 N–H and O–H groups in total. The third-order valence-electron chi connectivity index (χ3n) is 4.89. The Kier molecular flexibility index (Phi) is 9.19. The lowest BCUT2D eigenvalue weighted by atomic mass is 10.1. The molecule has 0 atom stereocenters. The van der Waals surface area contributed by atoms with E-state index >= 15 is 0 Å². The molecule has 1 aromatic heterocycles. The SMILES string of the molecule is COc1ccc(NC(=O)c2nnc(COCC(=O)NCCCN3CCCCC3)s2)cc1. The average molecular weight is 448 g/mol. The van der Waals surface area contributed by atoms with Gasteiger partial charge >= 0.3 is 0 Å². The highest BCUT2D eigenvalue weighted by Crippen LogP contribution is 2.17. The second kappa shape index (κ2) is 12.3. The van der Waals surface area contributed by atoms with Crippen LogP contribution < -0.4 is 15.4 Å². The van der Waals surface area contributed by atoms with Crippen LogP contribution in [0.3, 0.4) is 0 Å². The molecule has 0 saturated carbocycles. The summed E-state index contributed by atoms with van der Waals surface area (Å²) in [6, 6.07) is 7.00. The van der Waals surface area contributed by atoms with Crippen LogP contribution >= 0.6 is 11.3 Å². The Hall–Kier alpha value is -2.56. The van der Waals surface area contributed by atoms with Crippen LogP contribution in [0.25, 0.3) is 0 Å². The van der Waals surface area contributed by atoms with Crippen molar-refractivity contribution in [2.24, 2.45) is 0 Å². The van der Waals surface area contributed by atoms with E-state index in [9.17, 15) is 9.59 Å². The molecule has 1 fully saturated rings. The van der Waals surface area contributed by atoms with Gasteiger partial charge in [-0.1, -0.05) is 17.8 Å². The Morgan fingerprint density at radius 3 is 2.65 bits per heavy atom. The predicted molar refractivity (Wildman–Crippen MR) is 118 cm³/mol. The highest BCUT2D eigenvalue weighted by atomic mass is 32.1. The first-order valence-corrected chi connectivity index (χ1v) is 11.3. The molecule has 2 heterocycles. The average Bonchev–Trinajstić information content (AvgIpc) is 3.27. The van der Waals surface area contributed by atoms with Crippen LogP contribution in [-0.2, 0) is 16.1 Å². The molecule has 168 valence electrons. The van der Waals surface area contributed by atoms with Crippen molar-refractivity contribution in [2.75, 3.05) is 45.2 Å². The van der Waals surface area contributed by atoms with E-state index < -0.39 is 0 Å². The summed E-state index contributed by atoms with van der Waals surface area (Å²) in [5, 5.41) is 14.2. The second-order valence-electron chi connectivity index (χ2n) is 7.28. The number of rotatable bonds is 11. The largest absolute Gasteiger partial charge is 0.497 e. The Bertz CT molecular complexity index is 837. The zero-order valence-electron chi connectivity index (χ0n) is 17.8. The summed E-state index contributed by atoms with van der Waals surface area (Å²) in [5.41, 5.74) is 0.635. The van der Waals surface area contributed by atoms with Gasteiger partial charge in [0.25, 0.3) is 5.91 Å². The van der Waals surface area contributed by atoms with Crippen LogP contribution in [0.5, 0.6) is 5.75 Å². The second-order valence-corrected chi connectivity index (χ2v) is 8.34. The van der Waals surface area contributed by atoms with Crippen molar-refractivity contribution < 1.29 is 19.1 Å². The van der Waals surface area contributed by atoms with Gasteiger partial charge in [-0.3, -0.25) is 9.59 Å². The van der Waals surface area contributed by atoms with Crippen molar-refractivity contribution in [3.63, 3.8) is 0 Å². The highest BCUT2D eigenvalue weighted by Gasteiger charge is 2.14. The standard InChI is InChI=1S/C21H29N5O4S/c1-29-17-8-6-16(7-9-17)23-20(28)21-25-24-19(31-21)15-30-14-18(27)22-10-5-13-26-11-3-2-4-12-26/h6-9H,2-5,10-15H2,1H3,(H,22,27)(H,23,28). The molecule has 1 aromatic carbocycles. The normalized spacial score (nSPS) is 14.2. The van der Waals surface area contributed by atoms with Crippen molar-refractivity contribution in [1.82, 2.24) is 20.4 Å². The van der Waals surface area contributed by atoms with Gasteiger partial charge in [-0.05, 0) is 63.2 Å². The fourth-order valence-electron chi connectivity index (χ4n) is 3.26. The van der Waals surface area contributed by atoms with Gasteiger partial charge in [0, 0.05) is 12.2 Å². The minimum absolute atomic E-state index is 0.0450. The number of benzene rings is 1. The van der Waals surface area contributed by atoms with Gasteiger partial charge in [0.15, 0.2) is 0 Å². The summed E-state index contributed by atoms with van der Waals surface area (Å²) in [7, 11) is 1.58. The quantitative estimate of drug-likeness (QED) is 0.509. The topological polar surface area (TPSA) is 106 Å². The van der Waals surface area contributed by atoms with Crippen molar-refractivity contribution in [2.45, 2.75) is 32.3 Å². The van der Waals surface area contributed by atoms with Crippen LogP contribution in [0.1, 0.15) is 40.5 Å². The molecule has 0 spiro atoms. The maximum Gasteiger partial charge on any atom is 0.286 e. The molecule has 0 aliphatic carbocycles. The number of piperidine rings is 1. The number of anilines is 1. The molecule has 2 amide bonds. The van der Waals surface area contributed by atoms with Gasteiger partial charge < -0.3 is 25.0 Å². The minimum atomic E-state index is -0.347. The van der Waals surface area contributed by atoms with Gasteiger partial charge in [0.2, 0.25) is 10.9 Å². The van der Waals surface area contributed by atoms with Crippen molar-refractivity contribution in [1.29, 1.82) is 0 Å².